The number of unbranched alkanes of at least 4 members (excludes halogenated alkanes) is 1. The Balaban J connectivity index is 3.13. The monoisotopic (exact) mass is 605 g/mol. The molecular weight excluding hydrogens is 558 g/mol. The van der Waals surface area contributed by atoms with Crippen molar-refractivity contribution in [1.82, 2.24) is 16.0 Å². The largest absolute Gasteiger partial charge is 0.348 e. The molecule has 0 spiro atoms. The van der Waals surface area contributed by atoms with E-state index in [0.717, 1.165) is 17.2 Å². The Kier molecular flexibility index (Phi) is 16.5. The first kappa shape index (κ1) is 36.6. The molecule has 0 bridgehead atoms. The summed E-state index contributed by atoms with van der Waals surface area (Å²) >= 11 is 0. The average Bonchev–Trinajstić information content (AvgIpc) is 2.90. The maximum atomic E-state index is 13.5. The van der Waals surface area contributed by atoms with E-state index in [1.165, 1.54) is 6.08 Å². The highest BCUT2D eigenvalue weighted by Crippen LogP contribution is 2.12. The van der Waals surface area contributed by atoms with Gasteiger partial charge in [0.1, 0.15) is 18.1 Å². The van der Waals surface area contributed by atoms with Crippen LogP contribution in [-0.4, -0.2) is 63.1 Å². The van der Waals surface area contributed by atoms with Crippen molar-refractivity contribution in [1.29, 1.82) is 0 Å². The van der Waals surface area contributed by atoms with Crippen LogP contribution in [0.2, 0.25) is 0 Å². The number of carbonyl (C=O) groups excluding carboxylic acids is 3. The lowest BCUT2D eigenvalue weighted by Crippen LogP contribution is -2.56. The number of nitrogens with one attached hydrogen (secondary N) is 3. The molecule has 5 N–H and O–H groups in total. The number of amides is 3. The molecule has 0 heterocycles. The second-order valence-corrected chi connectivity index (χ2v) is 13.3. The molecule has 0 saturated carbocycles. The lowest BCUT2D eigenvalue weighted by molar-refractivity contribution is -0.133. The van der Waals surface area contributed by atoms with Crippen LogP contribution in [0, 0.1) is 11.8 Å². The van der Waals surface area contributed by atoms with Gasteiger partial charge in [-0.1, -0.05) is 69.2 Å². The topological polar surface area (TPSA) is 196 Å². The van der Waals surface area contributed by atoms with Crippen molar-refractivity contribution < 1.29 is 22.8 Å². The van der Waals surface area contributed by atoms with E-state index in [9.17, 15) is 22.8 Å². The van der Waals surface area contributed by atoms with Gasteiger partial charge in [0.2, 0.25) is 17.7 Å². The zero-order valence-electron chi connectivity index (χ0n) is 25.3. The molecule has 0 aliphatic carbocycles. The van der Waals surface area contributed by atoms with Crippen LogP contribution in [0.3, 0.4) is 0 Å². The molecule has 1 unspecified atom stereocenters. The second kappa shape index (κ2) is 18.9. The van der Waals surface area contributed by atoms with E-state index in [1.54, 1.807) is 0 Å². The van der Waals surface area contributed by atoms with Crippen LogP contribution < -0.4 is 21.7 Å². The van der Waals surface area contributed by atoms with Crippen LogP contribution in [-0.2, 0) is 30.6 Å². The highest BCUT2D eigenvalue weighted by molar-refractivity contribution is 7.93. The first-order valence-electron chi connectivity index (χ1n) is 14.3. The maximum Gasteiger partial charge on any atom is 0.243 e. The van der Waals surface area contributed by atoms with Gasteiger partial charge in [0.25, 0.3) is 0 Å². The summed E-state index contributed by atoms with van der Waals surface area (Å²) in [6.45, 7) is 8.10. The number of hydrogen-bond donors (Lipinski definition) is 4. The zero-order chi connectivity index (χ0) is 31.7. The predicted molar refractivity (Wildman–Crippen MR) is 165 cm³/mol. The smallest absolute Gasteiger partial charge is 0.243 e. The Morgan fingerprint density at radius 1 is 0.929 bits per heavy atom. The van der Waals surface area contributed by atoms with E-state index in [2.05, 4.69) is 26.0 Å². The highest BCUT2D eigenvalue weighted by atomic mass is 32.2. The minimum Gasteiger partial charge on any atom is -0.348 e. The van der Waals surface area contributed by atoms with Crippen LogP contribution >= 0.6 is 0 Å². The molecule has 1 aromatic carbocycles. The summed E-state index contributed by atoms with van der Waals surface area (Å²) in [6, 6.07) is 5.56. The van der Waals surface area contributed by atoms with Crippen molar-refractivity contribution in [3.8, 4) is 0 Å². The van der Waals surface area contributed by atoms with E-state index in [1.807, 2.05) is 58.0 Å². The van der Waals surface area contributed by atoms with Gasteiger partial charge >= 0.3 is 0 Å². The third-order valence-corrected chi connectivity index (χ3v) is 6.95. The van der Waals surface area contributed by atoms with Crippen molar-refractivity contribution in [3.63, 3.8) is 0 Å². The summed E-state index contributed by atoms with van der Waals surface area (Å²) in [5.74, 6) is -1.52. The van der Waals surface area contributed by atoms with Crippen LogP contribution in [0.1, 0.15) is 65.4 Å². The van der Waals surface area contributed by atoms with Crippen LogP contribution in [0.4, 0.5) is 0 Å². The molecule has 0 aliphatic heterocycles. The van der Waals surface area contributed by atoms with Crippen LogP contribution in [0.15, 0.2) is 46.9 Å². The Hall–Kier alpha value is -3.41. The fourth-order valence-corrected chi connectivity index (χ4v) is 4.75. The predicted octanol–water partition coefficient (Wildman–Crippen LogP) is 3.14. The lowest BCUT2D eigenvalue weighted by Gasteiger charge is -2.27. The van der Waals surface area contributed by atoms with Gasteiger partial charge in [0.05, 0.1) is 0 Å². The van der Waals surface area contributed by atoms with Gasteiger partial charge in [-0.2, -0.15) is 0 Å². The molecule has 3 amide bonds. The summed E-state index contributed by atoms with van der Waals surface area (Å²) in [6.07, 6.45) is 5.14. The second-order valence-electron chi connectivity index (χ2n) is 11.3. The first-order chi connectivity index (χ1) is 19.7. The standard InChI is InChI=1S/C29H47N7O5S/c1-20(2)17-24(27(37)32-23(13-9-10-15-30)14-16-42(5,40)41)33-28(38)25(18-21(3)4)34-29(39)26(35-36-31)19-22-11-7-6-8-12-22/h6-8,11-12,14,16,20-21,23-26H,9-10,13,15,17-19,30H2,1-5H3,(H,32,37)(H,33,38)(H,34,39)/b16-14+/t23-,24-,25-,26?/m0/s1. The molecule has 1 rings (SSSR count). The fraction of sp³-hybridized carbons (Fsp3) is 0.621. The molecule has 13 heteroatoms. The summed E-state index contributed by atoms with van der Waals surface area (Å²) in [5, 5.41) is 13.1. The molecule has 12 nitrogen and oxygen atoms in total. The normalized spacial score (nSPS) is 14.6. The minimum atomic E-state index is -3.41. The molecule has 4 atom stereocenters. The zero-order valence-corrected chi connectivity index (χ0v) is 26.1. The summed E-state index contributed by atoms with van der Waals surface area (Å²) in [5.41, 5.74) is 15.4. The molecule has 0 radical (unpaired) electrons. The third kappa shape index (κ3) is 15.6. The van der Waals surface area contributed by atoms with E-state index in [4.69, 9.17) is 11.3 Å². The van der Waals surface area contributed by atoms with Gasteiger partial charge in [-0.15, -0.1) is 0 Å². The number of sulfone groups is 1. The van der Waals surface area contributed by atoms with Crippen LogP contribution in [0.25, 0.3) is 10.4 Å². The molecular formula is C29H47N7O5S. The van der Waals surface area contributed by atoms with Gasteiger partial charge in [0.15, 0.2) is 9.84 Å². The number of rotatable bonds is 19. The van der Waals surface area contributed by atoms with Gasteiger partial charge in [-0.25, -0.2) is 8.42 Å². The van der Waals surface area contributed by atoms with Crippen molar-refractivity contribution in [2.24, 2.45) is 22.7 Å². The Morgan fingerprint density at radius 3 is 1.98 bits per heavy atom. The van der Waals surface area contributed by atoms with Crippen molar-refractivity contribution in [3.05, 3.63) is 57.8 Å². The maximum absolute atomic E-state index is 13.5. The summed E-state index contributed by atoms with van der Waals surface area (Å²) < 4.78 is 23.4. The molecule has 0 aromatic heterocycles. The van der Waals surface area contributed by atoms with Gasteiger partial charge in [-0.3, -0.25) is 14.4 Å². The number of nitrogens with two attached hydrogens (primary N) is 1. The van der Waals surface area contributed by atoms with Crippen molar-refractivity contribution >= 4 is 27.6 Å². The van der Waals surface area contributed by atoms with Crippen molar-refractivity contribution in [2.75, 3.05) is 12.8 Å². The minimum absolute atomic E-state index is 0.0264. The molecule has 0 aliphatic rings. The van der Waals surface area contributed by atoms with Gasteiger partial charge < -0.3 is 21.7 Å². The molecule has 1 aromatic rings. The molecule has 42 heavy (non-hydrogen) atoms. The average molecular weight is 606 g/mol. The Labute approximate surface area is 249 Å². The Morgan fingerprint density at radius 2 is 1.48 bits per heavy atom. The lowest BCUT2D eigenvalue weighted by atomic mass is 9.99. The van der Waals surface area contributed by atoms with E-state index < -0.39 is 51.7 Å². The number of carbonyl (C=O) groups is 3. The SMILES string of the molecule is CC(C)C[C@H](NC(=O)C(Cc1ccccc1)N=[N+]=[N-])C(=O)N[C@@H](CC(C)C)C(=O)N[C@H](/C=C/S(C)(=O)=O)CCCCN. The third-order valence-electron chi connectivity index (χ3n) is 6.30. The first-order valence-corrected chi connectivity index (χ1v) is 16.3. The molecule has 234 valence electrons. The number of benzene rings is 1. The quantitative estimate of drug-likeness (QED) is 0.0808. The van der Waals surface area contributed by atoms with E-state index >= 15 is 0 Å². The van der Waals surface area contributed by atoms with Gasteiger partial charge in [0, 0.05) is 22.6 Å². The number of azide groups is 1. The molecule has 0 saturated heterocycles. The van der Waals surface area contributed by atoms with Crippen LogP contribution in [0.5, 0.6) is 0 Å². The molecule has 0 fully saturated rings. The highest BCUT2D eigenvalue weighted by Gasteiger charge is 2.30. The number of hydrogen-bond acceptors (Lipinski definition) is 7. The van der Waals surface area contributed by atoms with Gasteiger partial charge in [-0.05, 0) is 68.0 Å². The summed E-state index contributed by atoms with van der Waals surface area (Å²) in [4.78, 5) is 42.8. The Bertz CT molecular complexity index is 1180. The van der Waals surface area contributed by atoms with E-state index in [0.29, 0.717) is 38.6 Å². The van der Waals surface area contributed by atoms with Crippen molar-refractivity contribution in [2.45, 2.75) is 90.4 Å². The summed E-state index contributed by atoms with van der Waals surface area (Å²) in [7, 11) is -3.41. The number of nitrogens with zero attached hydrogens (tertiary/aromatic N) is 3. The fourth-order valence-electron chi connectivity index (χ4n) is 4.28. The van der Waals surface area contributed by atoms with E-state index in [-0.39, 0.29) is 18.3 Å².